The molecule has 2 rings (SSSR count). The minimum Gasteiger partial charge on any atom is -0.294 e. The van der Waals surface area contributed by atoms with Crippen molar-refractivity contribution in [1.29, 1.82) is 0 Å². The second kappa shape index (κ2) is 3.87. The first-order valence-electron chi connectivity index (χ1n) is 5.38. The van der Waals surface area contributed by atoms with Crippen molar-refractivity contribution >= 4 is 27.7 Å². The van der Waals surface area contributed by atoms with Gasteiger partial charge in [-0.2, -0.15) is 5.10 Å². The second-order valence-corrected chi connectivity index (χ2v) is 6.49. The Hall–Kier alpha value is -0.840. The number of rotatable bonds is 1. The normalized spacial score (nSPS) is 21.9. The van der Waals surface area contributed by atoms with Crippen LogP contribution in [-0.4, -0.2) is 27.5 Å². The number of anilines is 1. The van der Waals surface area contributed by atoms with Gasteiger partial charge in [-0.25, -0.2) is 0 Å². The molecule has 0 bridgehead atoms. The standard InChI is InChI=1S/C11H16BrN3O/c1-11(2,3)8-5-9(14-13-8)15-6-7(12)4-10(15)16/h5,7H,4,6H2,1-3H3,(H,13,14). The summed E-state index contributed by atoms with van der Waals surface area (Å²) in [6.07, 6.45) is 0.553. The molecule has 1 aromatic heterocycles. The maximum absolute atomic E-state index is 11.7. The van der Waals surface area contributed by atoms with Crippen molar-refractivity contribution in [2.24, 2.45) is 0 Å². The molecule has 1 N–H and O–H groups in total. The van der Waals surface area contributed by atoms with E-state index >= 15 is 0 Å². The Morgan fingerprint density at radius 3 is 2.69 bits per heavy atom. The Morgan fingerprint density at radius 1 is 1.56 bits per heavy atom. The van der Waals surface area contributed by atoms with E-state index < -0.39 is 0 Å². The third-order valence-electron chi connectivity index (χ3n) is 2.73. The smallest absolute Gasteiger partial charge is 0.229 e. The predicted molar refractivity (Wildman–Crippen MR) is 67.0 cm³/mol. The van der Waals surface area contributed by atoms with E-state index in [0.29, 0.717) is 13.0 Å². The van der Waals surface area contributed by atoms with E-state index in [0.717, 1.165) is 11.5 Å². The summed E-state index contributed by atoms with van der Waals surface area (Å²) in [7, 11) is 0. The van der Waals surface area contributed by atoms with Gasteiger partial charge in [-0.3, -0.25) is 14.8 Å². The van der Waals surface area contributed by atoms with E-state index in [9.17, 15) is 4.79 Å². The molecule has 1 saturated heterocycles. The number of nitrogens with zero attached hydrogens (tertiary/aromatic N) is 2. The second-order valence-electron chi connectivity index (χ2n) is 5.20. The molecule has 1 fully saturated rings. The first-order chi connectivity index (χ1) is 7.38. The van der Waals surface area contributed by atoms with E-state index in [2.05, 4.69) is 46.9 Å². The minimum absolute atomic E-state index is 0.0296. The van der Waals surface area contributed by atoms with Crippen molar-refractivity contribution in [3.63, 3.8) is 0 Å². The summed E-state index contributed by atoms with van der Waals surface area (Å²) in [6, 6.07) is 1.96. The number of halogens is 1. The van der Waals surface area contributed by atoms with E-state index in [1.165, 1.54) is 0 Å². The molecule has 88 valence electrons. The Labute approximate surface area is 104 Å². The highest BCUT2D eigenvalue weighted by atomic mass is 79.9. The summed E-state index contributed by atoms with van der Waals surface area (Å²) in [6.45, 7) is 7.05. The monoisotopic (exact) mass is 285 g/mol. The number of H-pyrrole nitrogens is 1. The van der Waals surface area contributed by atoms with Crippen molar-refractivity contribution in [2.75, 3.05) is 11.4 Å². The maximum Gasteiger partial charge on any atom is 0.229 e. The van der Waals surface area contributed by atoms with Gasteiger partial charge in [0.25, 0.3) is 0 Å². The van der Waals surface area contributed by atoms with Gasteiger partial charge < -0.3 is 0 Å². The number of nitrogens with one attached hydrogen (secondary N) is 1. The van der Waals surface area contributed by atoms with Crippen molar-refractivity contribution in [1.82, 2.24) is 10.2 Å². The molecule has 0 radical (unpaired) electrons. The van der Waals surface area contributed by atoms with Crippen molar-refractivity contribution in [3.05, 3.63) is 11.8 Å². The zero-order chi connectivity index (χ0) is 11.9. The highest BCUT2D eigenvalue weighted by Crippen LogP contribution is 2.27. The van der Waals surface area contributed by atoms with E-state index in [1.807, 2.05) is 6.07 Å². The Balaban J connectivity index is 2.23. The fourth-order valence-electron chi connectivity index (χ4n) is 1.72. The van der Waals surface area contributed by atoms with Gasteiger partial charge in [0.05, 0.1) is 0 Å². The predicted octanol–water partition coefficient (Wildman–Crippen LogP) is 2.21. The third kappa shape index (κ3) is 2.14. The molecule has 1 atom stereocenters. The molecular formula is C11H16BrN3O. The summed E-state index contributed by atoms with van der Waals surface area (Å²) >= 11 is 3.46. The molecule has 1 aliphatic heterocycles. The number of alkyl halides is 1. The van der Waals surface area contributed by atoms with Crippen molar-refractivity contribution in [3.8, 4) is 0 Å². The number of aromatic amines is 1. The van der Waals surface area contributed by atoms with E-state index in [1.54, 1.807) is 4.90 Å². The van der Waals surface area contributed by atoms with Crippen LogP contribution in [0.1, 0.15) is 32.9 Å². The lowest BCUT2D eigenvalue weighted by Crippen LogP contribution is -2.24. The van der Waals surface area contributed by atoms with Crippen LogP contribution in [0.3, 0.4) is 0 Å². The van der Waals surface area contributed by atoms with Crippen LogP contribution < -0.4 is 4.90 Å². The largest absolute Gasteiger partial charge is 0.294 e. The molecule has 16 heavy (non-hydrogen) atoms. The number of hydrogen-bond acceptors (Lipinski definition) is 2. The molecule has 1 unspecified atom stereocenters. The SMILES string of the molecule is CC(C)(C)c1cc(N2CC(Br)CC2=O)n[nH]1. The molecule has 1 amide bonds. The fraction of sp³-hybridized carbons (Fsp3) is 0.636. The Morgan fingerprint density at radius 2 is 2.25 bits per heavy atom. The van der Waals surface area contributed by atoms with E-state index in [4.69, 9.17) is 0 Å². The van der Waals surface area contributed by atoms with Gasteiger partial charge in [0.1, 0.15) is 0 Å². The summed E-state index contributed by atoms with van der Waals surface area (Å²) in [5, 5.41) is 7.21. The molecule has 1 aliphatic rings. The van der Waals surface area contributed by atoms with Crippen LogP contribution in [0.4, 0.5) is 5.82 Å². The molecule has 1 aromatic rings. The van der Waals surface area contributed by atoms with Gasteiger partial charge in [0, 0.05) is 35.0 Å². The van der Waals surface area contributed by atoms with Crippen LogP contribution in [-0.2, 0) is 10.2 Å². The van der Waals surface area contributed by atoms with Gasteiger partial charge in [-0.05, 0) is 0 Å². The van der Waals surface area contributed by atoms with Crippen LogP contribution in [0.5, 0.6) is 0 Å². The van der Waals surface area contributed by atoms with Crippen LogP contribution >= 0.6 is 15.9 Å². The molecule has 0 saturated carbocycles. The summed E-state index contributed by atoms with van der Waals surface area (Å²) in [5.41, 5.74) is 1.08. The number of amides is 1. The molecular weight excluding hydrogens is 270 g/mol. The van der Waals surface area contributed by atoms with Gasteiger partial charge in [0.15, 0.2) is 5.82 Å². The molecule has 2 heterocycles. The maximum atomic E-state index is 11.7. The van der Waals surface area contributed by atoms with Gasteiger partial charge in [-0.1, -0.05) is 36.7 Å². The quantitative estimate of drug-likeness (QED) is 0.805. The first-order valence-corrected chi connectivity index (χ1v) is 6.30. The highest BCUT2D eigenvalue weighted by Gasteiger charge is 2.31. The summed E-state index contributed by atoms with van der Waals surface area (Å²) in [5.74, 6) is 0.866. The van der Waals surface area contributed by atoms with Crippen LogP contribution in [0.15, 0.2) is 6.07 Å². The van der Waals surface area contributed by atoms with Gasteiger partial charge in [-0.15, -0.1) is 0 Å². The Kier molecular flexibility index (Phi) is 2.82. The van der Waals surface area contributed by atoms with Gasteiger partial charge in [0.2, 0.25) is 5.91 Å². The Bertz CT molecular complexity index is 408. The molecule has 4 nitrogen and oxygen atoms in total. The van der Waals surface area contributed by atoms with E-state index in [-0.39, 0.29) is 16.1 Å². The number of carbonyl (C=O) groups excluding carboxylic acids is 1. The average molecular weight is 286 g/mol. The first kappa shape index (κ1) is 11.6. The lowest BCUT2D eigenvalue weighted by molar-refractivity contribution is -0.117. The van der Waals surface area contributed by atoms with Crippen LogP contribution in [0, 0.1) is 0 Å². The number of hydrogen-bond donors (Lipinski definition) is 1. The van der Waals surface area contributed by atoms with Crippen LogP contribution in [0.2, 0.25) is 0 Å². The molecule has 0 aromatic carbocycles. The van der Waals surface area contributed by atoms with Gasteiger partial charge >= 0.3 is 0 Å². The summed E-state index contributed by atoms with van der Waals surface area (Å²) in [4.78, 5) is 13.7. The summed E-state index contributed by atoms with van der Waals surface area (Å²) < 4.78 is 0. The highest BCUT2D eigenvalue weighted by molar-refractivity contribution is 9.09. The average Bonchev–Trinajstić information content (AvgIpc) is 2.70. The number of carbonyl (C=O) groups is 1. The topological polar surface area (TPSA) is 49.0 Å². The fourth-order valence-corrected chi connectivity index (χ4v) is 2.29. The third-order valence-corrected chi connectivity index (χ3v) is 3.34. The van der Waals surface area contributed by atoms with Crippen LogP contribution in [0.25, 0.3) is 0 Å². The zero-order valence-electron chi connectivity index (χ0n) is 9.75. The zero-order valence-corrected chi connectivity index (χ0v) is 11.3. The molecule has 0 aliphatic carbocycles. The molecule has 5 heteroatoms. The lowest BCUT2D eigenvalue weighted by Gasteiger charge is -2.15. The minimum atomic E-state index is 0.0296. The lowest BCUT2D eigenvalue weighted by atomic mass is 9.92. The van der Waals surface area contributed by atoms with Crippen molar-refractivity contribution in [2.45, 2.75) is 37.4 Å². The van der Waals surface area contributed by atoms with Crippen molar-refractivity contribution < 1.29 is 4.79 Å². The number of aromatic nitrogens is 2. The molecule has 0 spiro atoms.